The predicted octanol–water partition coefficient (Wildman–Crippen LogP) is -0.605. The van der Waals surface area contributed by atoms with Gasteiger partial charge in [-0.1, -0.05) is 0 Å². The molecule has 0 saturated heterocycles. The van der Waals surface area contributed by atoms with Crippen molar-refractivity contribution in [2.24, 2.45) is 0 Å². The third kappa shape index (κ3) is 432. The summed E-state index contributed by atoms with van der Waals surface area (Å²) in [4.78, 5) is 8.56. The van der Waals surface area contributed by atoms with Gasteiger partial charge in [-0.15, -0.1) is 0 Å². The van der Waals surface area contributed by atoms with Crippen LogP contribution in [0.5, 0.6) is 0 Å². The minimum Gasteiger partial charge on any atom is -0.450 e. The first kappa shape index (κ1) is 16.2. The van der Waals surface area contributed by atoms with Crippen LogP contribution in [0.25, 0.3) is 0 Å². The smallest absolute Gasteiger partial charge is 0.450 e. The summed E-state index contributed by atoms with van der Waals surface area (Å²) in [5.74, 6) is 0. The summed E-state index contributed by atoms with van der Waals surface area (Å²) in [5, 5.41) is 13.9. The van der Waals surface area contributed by atoms with Crippen molar-refractivity contribution < 1.29 is 53.2 Å². The van der Waals surface area contributed by atoms with Crippen LogP contribution < -0.4 is 0 Å². The second kappa shape index (κ2) is 9.01. The fourth-order valence-corrected chi connectivity index (χ4v) is 0. The first-order valence-electron chi connectivity index (χ1n) is 0.651. The minimum atomic E-state index is -1.83. The molecule has 1 radical (unpaired) electrons. The van der Waals surface area contributed by atoms with Crippen molar-refractivity contribution in [2.45, 2.75) is 0 Å². The largest absolute Gasteiger partial charge is 0.503 e. The van der Waals surface area contributed by atoms with Crippen molar-refractivity contribution in [3.8, 4) is 0 Å². The van der Waals surface area contributed by atoms with Crippen LogP contribution in [0.1, 0.15) is 0 Å². The summed E-state index contributed by atoms with van der Waals surface area (Å²) in [6, 6.07) is 0. The molecule has 0 aromatic carbocycles. The molecule has 0 aromatic rings. The first-order valence-corrected chi connectivity index (χ1v) is 0.651. The second-order valence-corrected chi connectivity index (χ2v) is 0.283. The van der Waals surface area contributed by atoms with Crippen LogP contribution in [-0.2, 0) is 32.7 Å². The molecule has 0 aromatic heterocycles. The maximum atomic E-state index is 8.56. The average molecular weight is 169 g/mol. The van der Waals surface area contributed by atoms with E-state index in [-0.39, 0.29) is 38.2 Å². The molecule has 0 aliphatic carbocycles. The molecule has 0 rings (SSSR count). The Hall–Kier alpha value is 0.334. The molecular formula is CH4O4Y. The summed E-state index contributed by atoms with van der Waals surface area (Å²) in [6.07, 6.45) is -1.83. The molecule has 35 valence electrons. The molecule has 6 heavy (non-hydrogen) atoms. The van der Waals surface area contributed by atoms with Gasteiger partial charge in [0.15, 0.2) is 0 Å². The molecule has 0 aliphatic heterocycles. The fourth-order valence-electron chi connectivity index (χ4n) is 0. The van der Waals surface area contributed by atoms with E-state index in [1.54, 1.807) is 0 Å². The topological polar surface area (TPSA) is 89.0 Å². The van der Waals surface area contributed by atoms with Crippen molar-refractivity contribution in [1.29, 1.82) is 0 Å². The summed E-state index contributed by atoms with van der Waals surface area (Å²) in [5.41, 5.74) is 0. The van der Waals surface area contributed by atoms with Gasteiger partial charge in [0.05, 0.1) is 0 Å². The van der Waals surface area contributed by atoms with Crippen LogP contribution in [0, 0.1) is 0 Å². The van der Waals surface area contributed by atoms with E-state index < -0.39 is 6.16 Å². The molecular weight excluding hydrogens is 165 g/mol. The van der Waals surface area contributed by atoms with E-state index in [1.807, 2.05) is 0 Å². The Kier molecular flexibility index (Phi) is 24.4. The van der Waals surface area contributed by atoms with Gasteiger partial charge in [0.2, 0.25) is 0 Å². The van der Waals surface area contributed by atoms with E-state index in [0.717, 1.165) is 0 Å². The standard InChI is InChI=1S/CH2O3.H2O.Y/c2-1(3)4;;/h(H2,2,3,4);1H2;. The van der Waals surface area contributed by atoms with Gasteiger partial charge in [-0.2, -0.15) is 0 Å². The number of carboxylic acid groups (broad SMARTS) is 2. The third-order valence-electron chi connectivity index (χ3n) is 0. The van der Waals surface area contributed by atoms with Gasteiger partial charge >= 0.3 is 6.16 Å². The molecule has 0 atom stereocenters. The number of rotatable bonds is 0. The zero-order chi connectivity index (χ0) is 3.58. The van der Waals surface area contributed by atoms with E-state index in [0.29, 0.717) is 0 Å². The normalized spacial score (nSPS) is 4.00. The molecule has 0 saturated carbocycles. The Labute approximate surface area is 59.4 Å². The summed E-state index contributed by atoms with van der Waals surface area (Å²) in [7, 11) is 0. The van der Waals surface area contributed by atoms with Crippen LogP contribution in [-0.4, -0.2) is 21.8 Å². The SMILES string of the molecule is O.O=C(O)O.[Y]. The van der Waals surface area contributed by atoms with E-state index in [2.05, 4.69) is 0 Å². The van der Waals surface area contributed by atoms with Crippen molar-refractivity contribution >= 4 is 6.16 Å². The Morgan fingerprint density at radius 1 is 1.33 bits per heavy atom. The van der Waals surface area contributed by atoms with Crippen molar-refractivity contribution in [3.63, 3.8) is 0 Å². The van der Waals surface area contributed by atoms with E-state index in [1.165, 1.54) is 0 Å². The maximum absolute atomic E-state index is 8.56. The summed E-state index contributed by atoms with van der Waals surface area (Å²) >= 11 is 0. The molecule has 0 amide bonds. The monoisotopic (exact) mass is 169 g/mol. The minimum absolute atomic E-state index is 0. The van der Waals surface area contributed by atoms with E-state index in [9.17, 15) is 0 Å². The Bertz CT molecular complexity index is 30.5. The second-order valence-electron chi connectivity index (χ2n) is 0.283. The van der Waals surface area contributed by atoms with Crippen LogP contribution in [0.3, 0.4) is 0 Å². The molecule has 0 fully saturated rings. The van der Waals surface area contributed by atoms with Crippen molar-refractivity contribution in [1.82, 2.24) is 0 Å². The van der Waals surface area contributed by atoms with Crippen LogP contribution in [0.4, 0.5) is 4.79 Å². The van der Waals surface area contributed by atoms with Gasteiger partial charge < -0.3 is 15.7 Å². The van der Waals surface area contributed by atoms with Crippen molar-refractivity contribution in [2.75, 3.05) is 0 Å². The van der Waals surface area contributed by atoms with Gasteiger partial charge in [-0.05, 0) is 0 Å². The predicted molar refractivity (Wildman–Crippen MR) is 14.3 cm³/mol. The molecule has 0 bridgehead atoms. The van der Waals surface area contributed by atoms with Gasteiger partial charge in [0, 0.05) is 32.7 Å². The zero-order valence-electron chi connectivity index (χ0n) is 2.88. The average Bonchev–Trinajstić information content (AvgIpc) is 0.811. The van der Waals surface area contributed by atoms with Gasteiger partial charge in [-0.3, -0.25) is 0 Å². The van der Waals surface area contributed by atoms with Crippen molar-refractivity contribution in [3.05, 3.63) is 0 Å². The third-order valence-corrected chi connectivity index (χ3v) is 0. The Morgan fingerprint density at radius 3 is 1.33 bits per heavy atom. The van der Waals surface area contributed by atoms with Crippen LogP contribution in [0.2, 0.25) is 0 Å². The van der Waals surface area contributed by atoms with Gasteiger partial charge in [0.1, 0.15) is 0 Å². The summed E-state index contributed by atoms with van der Waals surface area (Å²) < 4.78 is 0. The molecule has 5 heteroatoms. The Balaban J connectivity index is -0.0000000450. The molecule has 0 unspecified atom stereocenters. The molecule has 0 heterocycles. The molecule has 4 N–H and O–H groups in total. The maximum Gasteiger partial charge on any atom is 0.503 e. The van der Waals surface area contributed by atoms with Crippen LogP contribution >= 0.6 is 0 Å². The van der Waals surface area contributed by atoms with Crippen LogP contribution in [0.15, 0.2) is 0 Å². The zero-order valence-corrected chi connectivity index (χ0v) is 5.72. The van der Waals surface area contributed by atoms with Gasteiger partial charge in [-0.25, -0.2) is 4.79 Å². The first-order chi connectivity index (χ1) is 1.73. The quantitative estimate of drug-likeness (QED) is 0.507. The van der Waals surface area contributed by atoms with Gasteiger partial charge in [0.25, 0.3) is 0 Å². The summed E-state index contributed by atoms with van der Waals surface area (Å²) in [6.45, 7) is 0. The number of hydrogen-bond acceptors (Lipinski definition) is 1. The number of carbonyl (C=O) groups is 1. The fraction of sp³-hybridized carbons (Fsp3) is 0. The molecule has 0 aliphatic rings. The Morgan fingerprint density at radius 2 is 1.33 bits per heavy atom. The molecule has 4 nitrogen and oxygen atoms in total. The number of hydrogen-bond donors (Lipinski definition) is 2. The van der Waals surface area contributed by atoms with E-state index >= 15 is 0 Å². The van der Waals surface area contributed by atoms with E-state index in [4.69, 9.17) is 15.0 Å². The molecule has 0 spiro atoms.